The van der Waals surface area contributed by atoms with Crippen LogP contribution in [0.1, 0.15) is 15.9 Å². The molecule has 0 unspecified atom stereocenters. The maximum Gasteiger partial charge on any atom is 0.251 e. The minimum atomic E-state index is -0.301. The van der Waals surface area contributed by atoms with Gasteiger partial charge in [0.05, 0.1) is 6.33 Å². The van der Waals surface area contributed by atoms with Gasteiger partial charge in [0.25, 0.3) is 5.91 Å². The number of imidazole rings is 1. The molecular weight excluding hydrogens is 233 g/mol. The molecule has 2 rings (SSSR count). The molecule has 1 amide bonds. The molecule has 0 spiro atoms. The van der Waals surface area contributed by atoms with Crippen molar-refractivity contribution in [3.63, 3.8) is 0 Å². The Morgan fingerprint density at radius 2 is 2.33 bits per heavy atom. The second kappa shape index (κ2) is 5.44. The quantitative estimate of drug-likeness (QED) is 0.894. The number of aryl methyl sites for hydroxylation is 1. The van der Waals surface area contributed by atoms with Crippen LogP contribution in [0.15, 0.2) is 36.9 Å². The number of rotatable bonds is 4. The Bertz CT molecular complexity index is 537. The summed E-state index contributed by atoms with van der Waals surface area (Å²) in [7, 11) is 0. The number of carbonyl (C=O) groups is 1. The summed E-state index contributed by atoms with van der Waals surface area (Å²) < 4.78 is 14.9. The fourth-order valence-electron chi connectivity index (χ4n) is 1.61. The summed E-state index contributed by atoms with van der Waals surface area (Å²) in [6.07, 6.45) is 5.20. The molecule has 0 aliphatic rings. The van der Waals surface area contributed by atoms with Crippen molar-refractivity contribution >= 4 is 5.91 Å². The van der Waals surface area contributed by atoms with Crippen molar-refractivity contribution in [2.45, 2.75) is 13.5 Å². The highest BCUT2D eigenvalue weighted by molar-refractivity contribution is 5.94. The van der Waals surface area contributed by atoms with E-state index in [1.807, 2.05) is 10.8 Å². The van der Waals surface area contributed by atoms with Crippen LogP contribution >= 0.6 is 0 Å². The Balaban J connectivity index is 1.89. The maximum absolute atomic E-state index is 13.1. The van der Waals surface area contributed by atoms with E-state index in [4.69, 9.17) is 0 Å². The van der Waals surface area contributed by atoms with Crippen LogP contribution in [0.3, 0.4) is 0 Å². The van der Waals surface area contributed by atoms with Gasteiger partial charge in [-0.3, -0.25) is 4.79 Å². The zero-order chi connectivity index (χ0) is 13.0. The molecule has 0 aliphatic carbocycles. The van der Waals surface area contributed by atoms with E-state index in [0.717, 1.165) is 0 Å². The van der Waals surface area contributed by atoms with Gasteiger partial charge in [-0.15, -0.1) is 0 Å². The highest BCUT2D eigenvalue weighted by Gasteiger charge is 2.06. The first-order valence-electron chi connectivity index (χ1n) is 5.67. The third-order valence-corrected chi connectivity index (χ3v) is 2.63. The third-order valence-electron chi connectivity index (χ3n) is 2.63. The van der Waals surface area contributed by atoms with Gasteiger partial charge in [0.15, 0.2) is 0 Å². The van der Waals surface area contributed by atoms with Gasteiger partial charge in [0, 0.05) is 31.0 Å². The number of aromatic nitrogens is 2. The minimum absolute atomic E-state index is 0.196. The first-order valence-corrected chi connectivity index (χ1v) is 5.67. The zero-order valence-electron chi connectivity index (χ0n) is 10.1. The van der Waals surface area contributed by atoms with Gasteiger partial charge in [-0.2, -0.15) is 0 Å². The predicted octanol–water partition coefficient (Wildman–Crippen LogP) is 1.76. The van der Waals surface area contributed by atoms with Crippen LogP contribution in [0.2, 0.25) is 0 Å². The second-order valence-corrected chi connectivity index (χ2v) is 4.02. The minimum Gasteiger partial charge on any atom is -0.350 e. The number of carbonyl (C=O) groups excluding carboxylic acids is 1. The Morgan fingerprint density at radius 1 is 1.50 bits per heavy atom. The molecule has 0 atom stereocenters. The van der Waals surface area contributed by atoms with Gasteiger partial charge >= 0.3 is 0 Å². The number of halogens is 1. The third kappa shape index (κ3) is 2.94. The van der Waals surface area contributed by atoms with E-state index < -0.39 is 0 Å². The number of nitrogens with zero attached hydrogens (tertiary/aromatic N) is 2. The molecule has 5 heteroatoms. The number of amides is 1. The lowest BCUT2D eigenvalue weighted by Crippen LogP contribution is -2.27. The Kier molecular flexibility index (Phi) is 3.72. The highest BCUT2D eigenvalue weighted by Crippen LogP contribution is 2.08. The van der Waals surface area contributed by atoms with E-state index in [1.165, 1.54) is 12.1 Å². The van der Waals surface area contributed by atoms with Crippen LogP contribution in [0, 0.1) is 12.7 Å². The van der Waals surface area contributed by atoms with Gasteiger partial charge in [0.2, 0.25) is 0 Å². The van der Waals surface area contributed by atoms with E-state index in [9.17, 15) is 9.18 Å². The fourth-order valence-corrected chi connectivity index (χ4v) is 1.61. The lowest BCUT2D eigenvalue weighted by Gasteiger charge is -2.06. The van der Waals surface area contributed by atoms with E-state index in [2.05, 4.69) is 10.3 Å². The standard InChI is InChI=1S/C13H14FN3O/c1-10-8-11(2-3-12(10)14)13(18)16-5-7-17-6-4-15-9-17/h2-4,6,8-9H,5,7H2,1H3,(H,16,18). The van der Waals surface area contributed by atoms with Crippen LogP contribution in [-0.2, 0) is 6.54 Å². The molecule has 1 heterocycles. The maximum atomic E-state index is 13.1. The number of hydrogen-bond donors (Lipinski definition) is 1. The fraction of sp³-hybridized carbons (Fsp3) is 0.231. The molecule has 0 radical (unpaired) electrons. The second-order valence-electron chi connectivity index (χ2n) is 4.02. The van der Waals surface area contributed by atoms with Crippen LogP contribution in [0.4, 0.5) is 4.39 Å². The summed E-state index contributed by atoms with van der Waals surface area (Å²) in [6, 6.07) is 4.33. The molecule has 0 bridgehead atoms. The van der Waals surface area contributed by atoms with Crippen molar-refractivity contribution in [2.75, 3.05) is 6.54 Å². The molecule has 0 fully saturated rings. The first-order chi connectivity index (χ1) is 8.66. The molecular formula is C13H14FN3O. The summed E-state index contributed by atoms with van der Waals surface area (Å²) >= 11 is 0. The van der Waals surface area contributed by atoms with Crippen molar-refractivity contribution in [3.8, 4) is 0 Å². The number of hydrogen-bond acceptors (Lipinski definition) is 2. The van der Waals surface area contributed by atoms with Gasteiger partial charge in [-0.25, -0.2) is 9.37 Å². The van der Waals surface area contributed by atoms with Crippen molar-refractivity contribution in [1.82, 2.24) is 14.9 Å². The van der Waals surface area contributed by atoms with Crippen molar-refractivity contribution in [3.05, 3.63) is 53.9 Å². The van der Waals surface area contributed by atoms with Crippen molar-refractivity contribution < 1.29 is 9.18 Å². The summed E-state index contributed by atoms with van der Waals surface area (Å²) in [6.45, 7) is 2.80. The van der Waals surface area contributed by atoms with E-state index in [0.29, 0.717) is 24.2 Å². The Morgan fingerprint density at radius 3 is 3.00 bits per heavy atom. The van der Waals surface area contributed by atoms with E-state index >= 15 is 0 Å². The molecule has 0 aliphatic heterocycles. The predicted molar refractivity (Wildman–Crippen MR) is 65.7 cm³/mol. The molecule has 4 nitrogen and oxygen atoms in total. The molecule has 0 saturated carbocycles. The molecule has 1 aromatic carbocycles. The van der Waals surface area contributed by atoms with Crippen LogP contribution in [0.5, 0.6) is 0 Å². The van der Waals surface area contributed by atoms with E-state index in [-0.39, 0.29) is 11.7 Å². The molecule has 94 valence electrons. The monoisotopic (exact) mass is 247 g/mol. The topological polar surface area (TPSA) is 46.9 Å². The van der Waals surface area contributed by atoms with Crippen molar-refractivity contribution in [1.29, 1.82) is 0 Å². The average molecular weight is 247 g/mol. The largest absolute Gasteiger partial charge is 0.350 e. The molecule has 0 saturated heterocycles. The lowest BCUT2D eigenvalue weighted by molar-refractivity contribution is 0.0952. The highest BCUT2D eigenvalue weighted by atomic mass is 19.1. The Hall–Kier alpha value is -2.17. The SMILES string of the molecule is Cc1cc(C(=O)NCCn2ccnc2)ccc1F. The van der Waals surface area contributed by atoms with Gasteiger partial charge < -0.3 is 9.88 Å². The summed E-state index contributed by atoms with van der Waals surface area (Å²) in [5.74, 6) is -0.497. The van der Waals surface area contributed by atoms with Crippen LogP contribution in [0.25, 0.3) is 0 Å². The summed E-state index contributed by atoms with van der Waals surface area (Å²) in [5, 5.41) is 2.77. The summed E-state index contributed by atoms with van der Waals surface area (Å²) in [5.41, 5.74) is 0.941. The smallest absolute Gasteiger partial charge is 0.251 e. The van der Waals surface area contributed by atoms with Crippen LogP contribution < -0.4 is 5.32 Å². The lowest BCUT2D eigenvalue weighted by atomic mass is 10.1. The van der Waals surface area contributed by atoms with E-state index in [1.54, 1.807) is 25.5 Å². The number of benzene rings is 1. The summed E-state index contributed by atoms with van der Waals surface area (Å²) in [4.78, 5) is 15.7. The van der Waals surface area contributed by atoms with Crippen LogP contribution in [-0.4, -0.2) is 22.0 Å². The normalized spacial score (nSPS) is 10.3. The molecule has 1 N–H and O–H groups in total. The Labute approximate surface area is 104 Å². The van der Waals surface area contributed by atoms with Gasteiger partial charge in [-0.1, -0.05) is 0 Å². The van der Waals surface area contributed by atoms with Gasteiger partial charge in [-0.05, 0) is 30.7 Å². The zero-order valence-corrected chi connectivity index (χ0v) is 10.1. The average Bonchev–Trinajstić information content (AvgIpc) is 2.85. The number of nitrogens with one attached hydrogen (secondary N) is 1. The molecule has 18 heavy (non-hydrogen) atoms. The molecule has 1 aromatic heterocycles. The van der Waals surface area contributed by atoms with Crippen molar-refractivity contribution in [2.24, 2.45) is 0 Å². The van der Waals surface area contributed by atoms with Gasteiger partial charge in [0.1, 0.15) is 5.82 Å². The first kappa shape index (κ1) is 12.3. The molecule has 2 aromatic rings.